The van der Waals surface area contributed by atoms with Crippen LogP contribution < -0.4 is 5.32 Å². The van der Waals surface area contributed by atoms with E-state index in [4.69, 9.17) is 0 Å². The molecule has 0 radical (unpaired) electrons. The molecular weight excluding hydrogens is 276 g/mol. The molecule has 3 rings (SSSR count). The van der Waals surface area contributed by atoms with Crippen LogP contribution in [0, 0.1) is 11.6 Å². The number of aromatic nitrogens is 4. The van der Waals surface area contributed by atoms with Gasteiger partial charge in [0, 0.05) is 11.6 Å². The summed E-state index contributed by atoms with van der Waals surface area (Å²) in [6.07, 6.45) is 2.14. The van der Waals surface area contributed by atoms with Crippen LogP contribution in [0.5, 0.6) is 0 Å². The van der Waals surface area contributed by atoms with Gasteiger partial charge in [-0.1, -0.05) is 6.07 Å². The van der Waals surface area contributed by atoms with Gasteiger partial charge in [-0.2, -0.15) is 0 Å². The van der Waals surface area contributed by atoms with Crippen LogP contribution in [0.2, 0.25) is 0 Å². The monoisotopic (exact) mass is 293 g/mol. The average Bonchev–Trinajstić information content (AvgIpc) is 3.15. The van der Waals surface area contributed by atoms with Crippen molar-refractivity contribution < 1.29 is 8.78 Å². The molecule has 21 heavy (non-hydrogen) atoms. The Morgan fingerprint density at radius 3 is 2.48 bits per heavy atom. The van der Waals surface area contributed by atoms with E-state index in [0.29, 0.717) is 11.9 Å². The Hall–Kier alpha value is -1.89. The Bertz CT molecular complexity index is 618. The van der Waals surface area contributed by atoms with Gasteiger partial charge in [0.25, 0.3) is 0 Å². The van der Waals surface area contributed by atoms with Crippen molar-refractivity contribution in [3.8, 4) is 0 Å². The fourth-order valence-electron chi connectivity index (χ4n) is 2.52. The molecule has 0 aliphatic heterocycles. The number of nitrogens with zero attached hydrogens (tertiary/aromatic N) is 4. The van der Waals surface area contributed by atoms with E-state index >= 15 is 0 Å². The molecule has 7 heteroatoms. The summed E-state index contributed by atoms with van der Waals surface area (Å²) in [5.74, 6) is -0.408. The van der Waals surface area contributed by atoms with Crippen LogP contribution >= 0.6 is 0 Å². The maximum atomic E-state index is 13.8. The molecule has 1 aliphatic carbocycles. The van der Waals surface area contributed by atoms with Gasteiger partial charge in [-0.05, 0) is 49.2 Å². The molecule has 0 bridgehead atoms. The second-order valence-corrected chi connectivity index (χ2v) is 5.46. The van der Waals surface area contributed by atoms with Gasteiger partial charge in [0.05, 0.1) is 12.1 Å². The summed E-state index contributed by atoms with van der Waals surface area (Å²) in [7, 11) is 0. The first-order valence-electron chi connectivity index (χ1n) is 7.05. The molecule has 0 saturated heterocycles. The first-order valence-corrected chi connectivity index (χ1v) is 7.05. The van der Waals surface area contributed by atoms with Gasteiger partial charge in [0.2, 0.25) is 0 Å². The number of rotatable bonds is 5. The van der Waals surface area contributed by atoms with Gasteiger partial charge in [0.15, 0.2) is 5.82 Å². The third-order valence-electron chi connectivity index (χ3n) is 3.73. The number of nitrogens with one attached hydrogen (secondary N) is 1. The molecule has 1 aliphatic rings. The lowest BCUT2D eigenvalue weighted by Crippen LogP contribution is -2.26. The standard InChI is InChI=1S/C14H17F2N5/c1-8(13-11(15)4-3-5-12(13)16)17-9(2)14-18-19-20-21(14)10-6-7-10/h3-5,8-10,17H,6-7H2,1-2H3/t8-,9+/m1/s1. The fraction of sp³-hybridized carbons (Fsp3) is 0.500. The highest BCUT2D eigenvalue weighted by atomic mass is 19.1. The Morgan fingerprint density at radius 2 is 1.86 bits per heavy atom. The van der Waals surface area contributed by atoms with Crippen LogP contribution in [0.15, 0.2) is 18.2 Å². The number of tetrazole rings is 1. The Morgan fingerprint density at radius 1 is 1.19 bits per heavy atom. The summed E-state index contributed by atoms with van der Waals surface area (Å²) in [6, 6.07) is 3.56. The molecule has 112 valence electrons. The fourth-order valence-corrected chi connectivity index (χ4v) is 2.52. The number of hydrogen-bond donors (Lipinski definition) is 1. The summed E-state index contributed by atoms with van der Waals surface area (Å²) >= 11 is 0. The molecule has 1 fully saturated rings. The van der Waals surface area contributed by atoms with Crippen molar-refractivity contribution in [1.29, 1.82) is 0 Å². The first-order chi connectivity index (χ1) is 10.1. The van der Waals surface area contributed by atoms with Gasteiger partial charge in [-0.3, -0.25) is 0 Å². The van der Waals surface area contributed by atoms with E-state index in [0.717, 1.165) is 12.8 Å². The van der Waals surface area contributed by atoms with Gasteiger partial charge >= 0.3 is 0 Å². The van der Waals surface area contributed by atoms with E-state index in [1.165, 1.54) is 18.2 Å². The highest BCUT2D eigenvalue weighted by molar-refractivity contribution is 5.23. The topological polar surface area (TPSA) is 55.6 Å². The zero-order chi connectivity index (χ0) is 15.0. The van der Waals surface area contributed by atoms with Gasteiger partial charge in [0.1, 0.15) is 11.6 Å². The average molecular weight is 293 g/mol. The number of benzene rings is 1. The molecule has 1 saturated carbocycles. The second kappa shape index (κ2) is 5.48. The molecule has 0 amide bonds. The van der Waals surface area contributed by atoms with Crippen LogP contribution in [0.4, 0.5) is 8.78 Å². The number of hydrogen-bond acceptors (Lipinski definition) is 4. The highest BCUT2D eigenvalue weighted by Gasteiger charge is 2.30. The van der Waals surface area contributed by atoms with Crippen molar-refractivity contribution in [2.45, 2.75) is 44.8 Å². The van der Waals surface area contributed by atoms with Crippen LogP contribution in [0.1, 0.15) is 56.2 Å². The lowest BCUT2D eigenvalue weighted by atomic mass is 10.1. The lowest BCUT2D eigenvalue weighted by molar-refractivity contribution is 0.422. The minimum absolute atomic E-state index is 0.0368. The number of halogens is 2. The maximum Gasteiger partial charge on any atom is 0.168 e. The molecular formula is C14H17F2N5. The summed E-state index contributed by atoms with van der Waals surface area (Å²) in [6.45, 7) is 3.61. The van der Waals surface area contributed by atoms with Crippen molar-refractivity contribution in [3.05, 3.63) is 41.2 Å². The van der Waals surface area contributed by atoms with Gasteiger partial charge < -0.3 is 5.32 Å². The minimum atomic E-state index is -0.552. The third kappa shape index (κ3) is 2.78. The molecule has 2 aromatic rings. The molecule has 1 aromatic carbocycles. The molecule has 0 unspecified atom stereocenters. The Balaban J connectivity index is 1.77. The summed E-state index contributed by atoms with van der Waals surface area (Å²) in [4.78, 5) is 0. The minimum Gasteiger partial charge on any atom is -0.301 e. The smallest absolute Gasteiger partial charge is 0.168 e. The zero-order valence-electron chi connectivity index (χ0n) is 11.9. The van der Waals surface area contributed by atoms with E-state index < -0.39 is 17.7 Å². The zero-order valence-corrected chi connectivity index (χ0v) is 11.9. The predicted molar refractivity (Wildman–Crippen MR) is 72.4 cm³/mol. The second-order valence-electron chi connectivity index (χ2n) is 5.46. The summed E-state index contributed by atoms with van der Waals surface area (Å²) in [5, 5.41) is 14.9. The largest absolute Gasteiger partial charge is 0.301 e. The summed E-state index contributed by atoms with van der Waals surface area (Å²) < 4.78 is 29.4. The van der Waals surface area contributed by atoms with Crippen molar-refractivity contribution in [1.82, 2.24) is 25.5 Å². The van der Waals surface area contributed by atoms with E-state index in [-0.39, 0.29) is 11.6 Å². The van der Waals surface area contributed by atoms with Gasteiger partial charge in [-0.25, -0.2) is 13.5 Å². The molecule has 1 aromatic heterocycles. The SMILES string of the molecule is C[C@H](N[C@H](C)c1c(F)cccc1F)c1nnnn1C1CC1. The van der Waals surface area contributed by atoms with Crippen LogP contribution in [0.3, 0.4) is 0 Å². The van der Waals surface area contributed by atoms with Gasteiger partial charge in [-0.15, -0.1) is 5.10 Å². The quantitative estimate of drug-likeness (QED) is 0.921. The van der Waals surface area contributed by atoms with Crippen molar-refractivity contribution >= 4 is 0 Å². The predicted octanol–water partition coefficient (Wildman–Crippen LogP) is 2.70. The molecule has 2 atom stereocenters. The van der Waals surface area contributed by atoms with Crippen molar-refractivity contribution in [2.24, 2.45) is 0 Å². The highest BCUT2D eigenvalue weighted by Crippen LogP contribution is 2.35. The normalized spacial score (nSPS) is 17.7. The third-order valence-corrected chi connectivity index (χ3v) is 3.73. The Kier molecular flexibility index (Phi) is 3.67. The van der Waals surface area contributed by atoms with E-state index in [9.17, 15) is 8.78 Å². The van der Waals surface area contributed by atoms with Crippen LogP contribution in [-0.4, -0.2) is 20.2 Å². The lowest BCUT2D eigenvalue weighted by Gasteiger charge is -2.20. The van der Waals surface area contributed by atoms with Crippen LogP contribution in [0.25, 0.3) is 0 Å². The molecule has 1 heterocycles. The van der Waals surface area contributed by atoms with E-state index in [2.05, 4.69) is 20.8 Å². The van der Waals surface area contributed by atoms with E-state index in [1.807, 2.05) is 6.92 Å². The van der Waals surface area contributed by atoms with Crippen molar-refractivity contribution in [2.75, 3.05) is 0 Å². The van der Waals surface area contributed by atoms with Crippen LogP contribution in [-0.2, 0) is 0 Å². The van der Waals surface area contributed by atoms with Crippen molar-refractivity contribution in [3.63, 3.8) is 0 Å². The first kappa shape index (κ1) is 14.1. The summed E-state index contributed by atoms with van der Waals surface area (Å²) in [5.41, 5.74) is 0.0368. The Labute approximate surface area is 121 Å². The van der Waals surface area contributed by atoms with E-state index in [1.54, 1.807) is 11.6 Å². The molecule has 5 nitrogen and oxygen atoms in total. The maximum absolute atomic E-state index is 13.8. The molecule has 1 N–H and O–H groups in total. The molecule has 0 spiro atoms.